The summed E-state index contributed by atoms with van der Waals surface area (Å²) in [4.78, 5) is 25.6. The molecule has 1 aliphatic heterocycles. The van der Waals surface area contributed by atoms with Gasteiger partial charge in [-0.1, -0.05) is 29.7 Å². The highest BCUT2D eigenvalue weighted by molar-refractivity contribution is 6.35. The molecule has 0 N–H and O–H groups in total. The summed E-state index contributed by atoms with van der Waals surface area (Å²) in [6.07, 6.45) is 5.11. The summed E-state index contributed by atoms with van der Waals surface area (Å²) in [6.45, 7) is -0.0765. The number of imide groups is 1. The Labute approximate surface area is 136 Å². The number of nitrogens with zero attached hydrogens (tertiary/aromatic N) is 1. The van der Waals surface area contributed by atoms with E-state index in [9.17, 15) is 14.0 Å². The number of rotatable bonds is 3. The third kappa shape index (κ3) is 2.43. The van der Waals surface area contributed by atoms with Crippen molar-refractivity contribution in [2.24, 2.45) is 0 Å². The standard InChI is InChI=1S/C17H9ClFNO3/c1-2-7-23-15-9-14(13(19)8-12(15)18)20-16(21)10-5-3-4-6-11(10)17(20)22/h1,3-6,8-9H,7H2. The Morgan fingerprint density at radius 1 is 1.17 bits per heavy atom. The quantitative estimate of drug-likeness (QED) is 0.641. The number of anilines is 1. The number of amides is 2. The fourth-order valence-electron chi connectivity index (χ4n) is 2.33. The van der Waals surface area contributed by atoms with Crippen molar-refractivity contribution in [3.63, 3.8) is 0 Å². The lowest BCUT2D eigenvalue weighted by atomic mass is 10.1. The van der Waals surface area contributed by atoms with E-state index in [4.69, 9.17) is 22.8 Å². The number of halogens is 2. The van der Waals surface area contributed by atoms with Gasteiger partial charge in [-0.05, 0) is 18.2 Å². The number of hydrogen-bond donors (Lipinski definition) is 0. The highest BCUT2D eigenvalue weighted by Gasteiger charge is 2.38. The van der Waals surface area contributed by atoms with E-state index in [1.54, 1.807) is 12.1 Å². The molecule has 4 nitrogen and oxygen atoms in total. The van der Waals surface area contributed by atoms with Crippen molar-refractivity contribution in [1.82, 2.24) is 0 Å². The van der Waals surface area contributed by atoms with Crippen LogP contribution in [0, 0.1) is 18.2 Å². The van der Waals surface area contributed by atoms with Gasteiger partial charge in [0, 0.05) is 6.07 Å². The fourth-order valence-corrected chi connectivity index (χ4v) is 2.53. The highest BCUT2D eigenvalue weighted by atomic mass is 35.5. The van der Waals surface area contributed by atoms with Crippen LogP contribution in [0.4, 0.5) is 10.1 Å². The highest BCUT2D eigenvalue weighted by Crippen LogP contribution is 2.36. The zero-order valence-corrected chi connectivity index (χ0v) is 12.4. The SMILES string of the molecule is C#CCOc1cc(N2C(=O)c3ccccc3C2=O)c(F)cc1Cl. The Morgan fingerprint density at radius 2 is 1.78 bits per heavy atom. The van der Waals surface area contributed by atoms with Gasteiger partial charge in [-0.15, -0.1) is 6.42 Å². The lowest BCUT2D eigenvalue weighted by molar-refractivity contribution is 0.0925. The summed E-state index contributed by atoms with van der Waals surface area (Å²) in [5.74, 6) is 0.340. The maximum absolute atomic E-state index is 14.2. The van der Waals surface area contributed by atoms with Crippen molar-refractivity contribution < 1.29 is 18.7 Å². The minimum absolute atomic E-state index is 0.00175. The van der Waals surface area contributed by atoms with Crippen LogP contribution in [-0.2, 0) is 0 Å². The van der Waals surface area contributed by atoms with Gasteiger partial charge in [0.1, 0.15) is 18.2 Å². The molecule has 0 bridgehead atoms. The predicted octanol–water partition coefficient (Wildman–Crippen LogP) is 3.29. The Bertz CT molecular complexity index is 838. The maximum Gasteiger partial charge on any atom is 0.266 e. The molecule has 114 valence electrons. The molecule has 0 aromatic heterocycles. The first-order valence-corrected chi connectivity index (χ1v) is 6.95. The molecule has 23 heavy (non-hydrogen) atoms. The summed E-state index contributed by atoms with van der Waals surface area (Å²) >= 11 is 5.88. The second-order valence-corrected chi connectivity index (χ2v) is 5.13. The number of benzene rings is 2. The Balaban J connectivity index is 2.08. The van der Waals surface area contributed by atoms with Crippen LogP contribution in [0.3, 0.4) is 0 Å². The molecule has 0 saturated carbocycles. The first-order chi connectivity index (χ1) is 11.0. The van der Waals surface area contributed by atoms with Gasteiger partial charge in [0.25, 0.3) is 11.8 Å². The van der Waals surface area contributed by atoms with E-state index in [1.807, 2.05) is 0 Å². The molecule has 0 aliphatic carbocycles. The largest absolute Gasteiger partial charge is 0.479 e. The van der Waals surface area contributed by atoms with E-state index in [-0.39, 0.29) is 34.2 Å². The van der Waals surface area contributed by atoms with Crippen LogP contribution in [0.15, 0.2) is 36.4 Å². The minimum Gasteiger partial charge on any atom is -0.479 e. The number of ether oxygens (including phenoxy) is 1. The Hall–Kier alpha value is -2.84. The zero-order valence-electron chi connectivity index (χ0n) is 11.7. The molecule has 2 aromatic rings. The number of hydrogen-bond acceptors (Lipinski definition) is 3. The molecule has 0 atom stereocenters. The summed E-state index contributed by atoms with van der Waals surface area (Å²) in [6, 6.07) is 8.46. The zero-order chi connectivity index (χ0) is 16.6. The predicted molar refractivity (Wildman–Crippen MR) is 83.3 cm³/mol. The van der Waals surface area contributed by atoms with Gasteiger partial charge in [0.2, 0.25) is 0 Å². The minimum atomic E-state index is -0.808. The average Bonchev–Trinajstić information content (AvgIpc) is 2.79. The van der Waals surface area contributed by atoms with Crippen LogP contribution in [0.2, 0.25) is 5.02 Å². The van der Waals surface area contributed by atoms with E-state index in [2.05, 4.69) is 5.92 Å². The number of terminal acetylenes is 1. The normalized spacial score (nSPS) is 13.0. The third-order valence-electron chi connectivity index (χ3n) is 3.35. The van der Waals surface area contributed by atoms with Gasteiger partial charge in [-0.2, -0.15) is 0 Å². The summed E-state index contributed by atoms with van der Waals surface area (Å²) in [5, 5.41) is -0.00175. The molecule has 1 heterocycles. The van der Waals surface area contributed by atoms with Crippen LogP contribution >= 0.6 is 11.6 Å². The molecule has 3 rings (SSSR count). The van der Waals surface area contributed by atoms with Crippen molar-refractivity contribution >= 4 is 29.1 Å². The van der Waals surface area contributed by atoms with Gasteiger partial charge >= 0.3 is 0 Å². The van der Waals surface area contributed by atoms with Gasteiger partial charge in [-0.3, -0.25) is 9.59 Å². The maximum atomic E-state index is 14.2. The first kappa shape index (κ1) is 15.1. The van der Waals surface area contributed by atoms with E-state index in [0.29, 0.717) is 0 Å². The Morgan fingerprint density at radius 3 is 2.35 bits per heavy atom. The molecular weight excluding hydrogens is 321 g/mol. The molecule has 2 aromatic carbocycles. The van der Waals surface area contributed by atoms with Crippen LogP contribution < -0.4 is 9.64 Å². The topological polar surface area (TPSA) is 46.6 Å². The molecule has 0 spiro atoms. The average molecular weight is 330 g/mol. The van der Waals surface area contributed by atoms with Crippen molar-refractivity contribution in [3.05, 3.63) is 58.4 Å². The molecule has 1 aliphatic rings. The lowest BCUT2D eigenvalue weighted by Crippen LogP contribution is -2.30. The fraction of sp³-hybridized carbons (Fsp3) is 0.0588. The summed E-state index contributed by atoms with van der Waals surface area (Å²) in [7, 11) is 0. The van der Waals surface area contributed by atoms with Gasteiger partial charge < -0.3 is 4.74 Å². The molecule has 0 radical (unpaired) electrons. The van der Waals surface area contributed by atoms with Crippen molar-refractivity contribution in [2.75, 3.05) is 11.5 Å². The number of fused-ring (bicyclic) bond motifs is 1. The number of carbonyl (C=O) groups excluding carboxylic acids is 2. The Kier molecular flexibility index (Phi) is 3.77. The second kappa shape index (κ2) is 5.75. The van der Waals surface area contributed by atoms with Crippen molar-refractivity contribution in [1.29, 1.82) is 0 Å². The van der Waals surface area contributed by atoms with Crippen LogP contribution in [0.1, 0.15) is 20.7 Å². The lowest BCUT2D eigenvalue weighted by Gasteiger charge is -2.16. The third-order valence-corrected chi connectivity index (χ3v) is 3.64. The van der Waals surface area contributed by atoms with Gasteiger partial charge in [0.05, 0.1) is 21.8 Å². The molecule has 6 heteroatoms. The number of carbonyl (C=O) groups is 2. The van der Waals surface area contributed by atoms with E-state index < -0.39 is 17.6 Å². The molecule has 0 saturated heterocycles. The van der Waals surface area contributed by atoms with Gasteiger partial charge in [0.15, 0.2) is 0 Å². The molecule has 2 amide bonds. The summed E-state index contributed by atoms with van der Waals surface area (Å²) < 4.78 is 19.5. The summed E-state index contributed by atoms with van der Waals surface area (Å²) in [5.41, 5.74) is 0.212. The van der Waals surface area contributed by atoms with E-state index in [1.165, 1.54) is 18.2 Å². The van der Waals surface area contributed by atoms with Crippen molar-refractivity contribution in [2.45, 2.75) is 0 Å². The molecule has 0 fully saturated rings. The van der Waals surface area contributed by atoms with Crippen LogP contribution in [0.5, 0.6) is 5.75 Å². The van der Waals surface area contributed by atoms with Crippen molar-refractivity contribution in [3.8, 4) is 18.1 Å². The monoisotopic (exact) mass is 329 g/mol. The van der Waals surface area contributed by atoms with Gasteiger partial charge in [-0.25, -0.2) is 9.29 Å². The molecule has 0 unspecified atom stereocenters. The smallest absolute Gasteiger partial charge is 0.266 e. The van der Waals surface area contributed by atoms with Crippen LogP contribution in [-0.4, -0.2) is 18.4 Å². The molecular formula is C17H9ClFNO3. The first-order valence-electron chi connectivity index (χ1n) is 6.57. The second-order valence-electron chi connectivity index (χ2n) is 4.72. The van der Waals surface area contributed by atoms with E-state index in [0.717, 1.165) is 11.0 Å². The van der Waals surface area contributed by atoms with E-state index >= 15 is 0 Å². The van der Waals surface area contributed by atoms with Crippen LogP contribution in [0.25, 0.3) is 0 Å².